The second-order valence-corrected chi connectivity index (χ2v) is 7.00. The number of nitrogens with zero attached hydrogens (tertiary/aromatic N) is 1. The lowest BCUT2D eigenvalue weighted by Crippen LogP contribution is -2.44. The SMILES string of the molecule is CCOc1ccc(OCC(=O)NCC(c2ccsc2)N2CCOCC2)cc1. The highest BCUT2D eigenvalue weighted by Gasteiger charge is 2.23. The molecule has 1 N–H and O–H groups in total. The van der Waals surface area contributed by atoms with Crippen molar-refractivity contribution in [3.63, 3.8) is 0 Å². The van der Waals surface area contributed by atoms with Gasteiger partial charge in [-0.3, -0.25) is 9.69 Å². The maximum absolute atomic E-state index is 12.2. The fraction of sp³-hybridized carbons (Fsp3) is 0.450. The van der Waals surface area contributed by atoms with Gasteiger partial charge >= 0.3 is 0 Å². The van der Waals surface area contributed by atoms with E-state index in [2.05, 4.69) is 27.0 Å². The van der Waals surface area contributed by atoms with E-state index in [1.54, 1.807) is 23.5 Å². The van der Waals surface area contributed by atoms with E-state index in [4.69, 9.17) is 14.2 Å². The molecule has 1 aliphatic rings. The van der Waals surface area contributed by atoms with Gasteiger partial charge in [0.2, 0.25) is 0 Å². The Hall–Kier alpha value is -2.09. The molecule has 1 atom stereocenters. The summed E-state index contributed by atoms with van der Waals surface area (Å²) in [7, 11) is 0. The van der Waals surface area contributed by atoms with Crippen LogP contribution in [0.25, 0.3) is 0 Å². The molecule has 146 valence electrons. The lowest BCUT2D eigenvalue weighted by Gasteiger charge is -2.34. The highest BCUT2D eigenvalue weighted by Crippen LogP contribution is 2.23. The van der Waals surface area contributed by atoms with Gasteiger partial charge in [-0.2, -0.15) is 11.3 Å². The summed E-state index contributed by atoms with van der Waals surface area (Å²) < 4.78 is 16.4. The van der Waals surface area contributed by atoms with Gasteiger partial charge in [-0.15, -0.1) is 0 Å². The van der Waals surface area contributed by atoms with Gasteiger partial charge in [0, 0.05) is 19.6 Å². The van der Waals surface area contributed by atoms with Crippen LogP contribution in [0.4, 0.5) is 0 Å². The first-order valence-corrected chi connectivity index (χ1v) is 10.2. The zero-order valence-corrected chi connectivity index (χ0v) is 16.4. The van der Waals surface area contributed by atoms with Gasteiger partial charge in [-0.25, -0.2) is 0 Å². The van der Waals surface area contributed by atoms with Gasteiger partial charge in [-0.05, 0) is 53.6 Å². The van der Waals surface area contributed by atoms with E-state index in [1.165, 1.54) is 5.56 Å². The smallest absolute Gasteiger partial charge is 0.258 e. The van der Waals surface area contributed by atoms with Crippen molar-refractivity contribution < 1.29 is 19.0 Å². The Labute approximate surface area is 164 Å². The standard InChI is InChI=1S/C20H26N2O4S/c1-2-25-17-3-5-18(6-4-17)26-14-20(23)21-13-19(16-7-12-27-15-16)22-8-10-24-11-9-22/h3-7,12,15,19H,2,8-11,13-14H2,1H3,(H,21,23). The predicted octanol–water partition coefficient (Wildman–Crippen LogP) is 2.72. The number of thiophene rings is 1. The molecule has 0 bridgehead atoms. The maximum atomic E-state index is 12.2. The minimum atomic E-state index is -0.127. The fourth-order valence-electron chi connectivity index (χ4n) is 3.02. The molecule has 0 spiro atoms. The van der Waals surface area contributed by atoms with Crippen LogP contribution < -0.4 is 14.8 Å². The first kappa shape index (κ1) is 19.7. The molecule has 1 aromatic heterocycles. The second-order valence-electron chi connectivity index (χ2n) is 6.22. The molecule has 1 fully saturated rings. The van der Waals surface area contributed by atoms with Crippen LogP contribution in [-0.2, 0) is 9.53 Å². The van der Waals surface area contributed by atoms with Gasteiger partial charge in [0.15, 0.2) is 6.61 Å². The van der Waals surface area contributed by atoms with Crippen molar-refractivity contribution in [3.05, 3.63) is 46.7 Å². The molecule has 7 heteroatoms. The first-order chi connectivity index (χ1) is 13.3. The Morgan fingerprint density at radius 3 is 2.52 bits per heavy atom. The number of rotatable bonds is 9. The van der Waals surface area contributed by atoms with Crippen molar-refractivity contribution >= 4 is 17.2 Å². The number of hydrogen-bond acceptors (Lipinski definition) is 6. The lowest BCUT2D eigenvalue weighted by molar-refractivity contribution is -0.123. The zero-order valence-electron chi connectivity index (χ0n) is 15.6. The summed E-state index contributed by atoms with van der Waals surface area (Å²) in [5, 5.41) is 7.21. The number of nitrogens with one attached hydrogen (secondary N) is 1. The second kappa shape index (κ2) is 10.3. The molecular weight excluding hydrogens is 364 g/mol. The largest absolute Gasteiger partial charge is 0.494 e. The molecule has 27 heavy (non-hydrogen) atoms. The summed E-state index contributed by atoms with van der Waals surface area (Å²) in [5.74, 6) is 1.31. The Morgan fingerprint density at radius 1 is 1.19 bits per heavy atom. The molecule has 2 heterocycles. The molecule has 1 unspecified atom stereocenters. The summed E-state index contributed by atoms with van der Waals surface area (Å²) in [4.78, 5) is 14.6. The van der Waals surface area contributed by atoms with Crippen molar-refractivity contribution in [3.8, 4) is 11.5 Å². The number of morpholine rings is 1. The van der Waals surface area contributed by atoms with Crippen molar-refractivity contribution in [2.75, 3.05) is 46.1 Å². The summed E-state index contributed by atoms with van der Waals surface area (Å²) in [6.45, 7) is 6.32. The van der Waals surface area contributed by atoms with E-state index in [-0.39, 0.29) is 18.6 Å². The molecule has 0 saturated carbocycles. The van der Waals surface area contributed by atoms with Crippen LogP contribution in [-0.4, -0.2) is 56.9 Å². The third-order valence-corrected chi connectivity index (χ3v) is 5.11. The molecule has 6 nitrogen and oxygen atoms in total. The number of ether oxygens (including phenoxy) is 3. The van der Waals surface area contributed by atoms with E-state index in [1.807, 2.05) is 19.1 Å². The van der Waals surface area contributed by atoms with Crippen molar-refractivity contribution in [2.24, 2.45) is 0 Å². The average Bonchev–Trinajstić information content (AvgIpc) is 3.23. The van der Waals surface area contributed by atoms with E-state index in [0.717, 1.165) is 32.1 Å². The number of hydrogen-bond donors (Lipinski definition) is 1. The third kappa shape index (κ3) is 5.95. The van der Waals surface area contributed by atoms with Crippen molar-refractivity contribution in [2.45, 2.75) is 13.0 Å². The van der Waals surface area contributed by atoms with Crippen LogP contribution in [0.2, 0.25) is 0 Å². The Balaban J connectivity index is 1.48. The molecule has 1 aromatic carbocycles. The molecule has 1 aliphatic heterocycles. The zero-order chi connectivity index (χ0) is 18.9. The third-order valence-electron chi connectivity index (χ3n) is 4.41. The van der Waals surface area contributed by atoms with Crippen LogP contribution in [0, 0.1) is 0 Å². The van der Waals surface area contributed by atoms with Gasteiger partial charge in [0.25, 0.3) is 5.91 Å². The number of amides is 1. The Kier molecular flexibility index (Phi) is 7.50. The quantitative estimate of drug-likeness (QED) is 0.713. The number of carbonyl (C=O) groups is 1. The Bertz CT molecular complexity index is 685. The van der Waals surface area contributed by atoms with Gasteiger partial charge in [0.05, 0.1) is 25.9 Å². The molecule has 2 aromatic rings. The van der Waals surface area contributed by atoms with E-state index in [9.17, 15) is 4.79 Å². The van der Waals surface area contributed by atoms with E-state index >= 15 is 0 Å². The van der Waals surface area contributed by atoms with E-state index < -0.39 is 0 Å². The molecule has 1 amide bonds. The van der Waals surface area contributed by atoms with Gasteiger partial charge in [0.1, 0.15) is 11.5 Å². The molecule has 3 rings (SSSR count). The topological polar surface area (TPSA) is 60.0 Å². The average molecular weight is 391 g/mol. The first-order valence-electron chi connectivity index (χ1n) is 9.22. The van der Waals surface area contributed by atoms with Crippen LogP contribution >= 0.6 is 11.3 Å². The normalized spacial score (nSPS) is 15.9. The van der Waals surface area contributed by atoms with Gasteiger partial charge < -0.3 is 19.5 Å². The summed E-state index contributed by atoms with van der Waals surface area (Å²) in [6.07, 6.45) is 0. The maximum Gasteiger partial charge on any atom is 0.258 e. The summed E-state index contributed by atoms with van der Waals surface area (Å²) in [5.41, 5.74) is 1.23. The van der Waals surface area contributed by atoms with Crippen molar-refractivity contribution in [1.82, 2.24) is 10.2 Å². The minimum Gasteiger partial charge on any atom is -0.494 e. The summed E-state index contributed by atoms with van der Waals surface area (Å²) >= 11 is 1.67. The van der Waals surface area contributed by atoms with E-state index in [0.29, 0.717) is 18.9 Å². The molecular formula is C20H26N2O4S. The molecule has 0 radical (unpaired) electrons. The van der Waals surface area contributed by atoms with Crippen LogP contribution in [0.3, 0.4) is 0 Å². The minimum absolute atomic E-state index is 0.00650. The highest BCUT2D eigenvalue weighted by molar-refractivity contribution is 7.07. The number of benzene rings is 1. The van der Waals surface area contributed by atoms with Crippen LogP contribution in [0.1, 0.15) is 18.5 Å². The molecule has 1 saturated heterocycles. The monoisotopic (exact) mass is 390 g/mol. The van der Waals surface area contributed by atoms with Crippen LogP contribution in [0.15, 0.2) is 41.1 Å². The predicted molar refractivity (Wildman–Crippen MR) is 106 cm³/mol. The number of carbonyl (C=O) groups excluding carboxylic acids is 1. The Morgan fingerprint density at radius 2 is 1.89 bits per heavy atom. The van der Waals surface area contributed by atoms with Crippen molar-refractivity contribution in [1.29, 1.82) is 0 Å². The highest BCUT2D eigenvalue weighted by atomic mass is 32.1. The van der Waals surface area contributed by atoms with Gasteiger partial charge in [-0.1, -0.05) is 0 Å². The fourth-order valence-corrected chi connectivity index (χ4v) is 3.73. The van der Waals surface area contributed by atoms with Crippen LogP contribution in [0.5, 0.6) is 11.5 Å². The summed E-state index contributed by atoms with van der Waals surface area (Å²) in [6, 6.07) is 9.56. The lowest BCUT2D eigenvalue weighted by atomic mass is 10.1. The molecule has 0 aliphatic carbocycles.